The summed E-state index contributed by atoms with van der Waals surface area (Å²) in [7, 11) is -4.22. The lowest BCUT2D eigenvalue weighted by Gasteiger charge is -2.36. The van der Waals surface area contributed by atoms with Gasteiger partial charge in [-0.2, -0.15) is 17.9 Å². The highest BCUT2D eigenvalue weighted by Gasteiger charge is 2.38. The molecule has 35 heavy (non-hydrogen) atoms. The van der Waals surface area contributed by atoms with Gasteiger partial charge >= 0.3 is 5.97 Å². The molecule has 0 aromatic heterocycles. The topological polar surface area (TPSA) is 151 Å². The van der Waals surface area contributed by atoms with Gasteiger partial charge in [0.1, 0.15) is 12.1 Å². The van der Waals surface area contributed by atoms with E-state index in [1.165, 1.54) is 12.8 Å². The van der Waals surface area contributed by atoms with Gasteiger partial charge in [0, 0.05) is 0 Å². The summed E-state index contributed by atoms with van der Waals surface area (Å²) in [5.41, 5.74) is 6.54. The summed E-state index contributed by atoms with van der Waals surface area (Å²) >= 11 is 0. The summed E-state index contributed by atoms with van der Waals surface area (Å²) < 4.78 is 30.6. The van der Waals surface area contributed by atoms with E-state index in [-0.39, 0.29) is 24.3 Å². The second-order valence-electron chi connectivity index (χ2n) is 10.7. The van der Waals surface area contributed by atoms with Crippen molar-refractivity contribution < 1.29 is 23.1 Å². The molecule has 0 radical (unpaired) electrons. The van der Waals surface area contributed by atoms with E-state index in [1.807, 2.05) is 0 Å². The van der Waals surface area contributed by atoms with Gasteiger partial charge in [0.25, 0.3) is 10.2 Å². The Morgan fingerprint density at radius 3 is 2.37 bits per heavy atom. The monoisotopic (exact) mass is 512 g/mol. The number of carbonyl (C=O) groups excluding carboxylic acids is 1. The number of nitrogens with one attached hydrogen (secondary N) is 3. The molecule has 9 nitrogen and oxygen atoms in total. The molecule has 1 amide bonds. The van der Waals surface area contributed by atoms with E-state index in [1.54, 1.807) is 0 Å². The van der Waals surface area contributed by atoms with Crippen LogP contribution in [0.15, 0.2) is 12.2 Å². The van der Waals surface area contributed by atoms with Crippen LogP contribution in [0, 0.1) is 17.8 Å². The number of carboxylic acid groups (broad SMARTS) is 1. The maximum atomic E-state index is 13.4. The normalized spacial score (nSPS) is 27.2. The second kappa shape index (κ2) is 13.2. The van der Waals surface area contributed by atoms with Crippen molar-refractivity contribution in [3.05, 3.63) is 12.2 Å². The minimum Gasteiger partial charge on any atom is -0.480 e. The Morgan fingerprint density at radius 1 is 0.971 bits per heavy atom. The molecule has 3 fully saturated rings. The van der Waals surface area contributed by atoms with E-state index in [4.69, 9.17) is 5.73 Å². The van der Waals surface area contributed by atoms with E-state index >= 15 is 0 Å². The molecule has 0 bridgehead atoms. The van der Waals surface area contributed by atoms with Crippen LogP contribution in [0.25, 0.3) is 0 Å². The predicted octanol–water partition coefficient (Wildman–Crippen LogP) is 2.58. The van der Waals surface area contributed by atoms with Gasteiger partial charge < -0.3 is 16.2 Å². The molecule has 0 saturated heterocycles. The van der Waals surface area contributed by atoms with Crippen molar-refractivity contribution in [3.8, 4) is 0 Å². The Hall–Kier alpha value is -1.49. The maximum absolute atomic E-state index is 13.4. The van der Waals surface area contributed by atoms with Gasteiger partial charge in [0.15, 0.2) is 0 Å². The Morgan fingerprint density at radius 2 is 1.69 bits per heavy atom. The number of aliphatic carboxylic acids is 1. The van der Waals surface area contributed by atoms with Gasteiger partial charge in [0.2, 0.25) is 5.91 Å². The van der Waals surface area contributed by atoms with Gasteiger partial charge in [-0.3, -0.25) is 9.59 Å². The molecule has 3 unspecified atom stereocenters. The summed E-state index contributed by atoms with van der Waals surface area (Å²) in [6.45, 7) is 4.71. The number of rotatable bonds is 13. The number of nitrogens with two attached hydrogens (primary N) is 1. The maximum Gasteiger partial charge on any atom is 0.321 e. The number of fused-ring (bicyclic) bond motifs is 1. The first-order chi connectivity index (χ1) is 16.7. The van der Waals surface area contributed by atoms with Crippen molar-refractivity contribution >= 4 is 22.1 Å². The fourth-order valence-corrected chi connectivity index (χ4v) is 7.47. The standard InChI is InChI=1S/C25H44N4O5S/c1-17-20-11-7-10-19(20)13-14-21(17)27-24(30)23(16-18-8-3-2-4-9-18)29-35(33,34)28-22(25(31)32)12-5-6-15-26/h18-23,28-29H,1-16,26H2,(H,27,30)(H,31,32)/t19?,20?,21?,22-,23-/m0/s1. The highest BCUT2D eigenvalue weighted by molar-refractivity contribution is 7.87. The molecule has 5 atom stereocenters. The smallest absolute Gasteiger partial charge is 0.321 e. The average molecular weight is 513 g/mol. The zero-order valence-electron chi connectivity index (χ0n) is 20.8. The third-order valence-corrected chi connectivity index (χ3v) is 9.37. The number of hydrogen-bond donors (Lipinski definition) is 5. The molecular formula is C25H44N4O5S. The van der Waals surface area contributed by atoms with Crippen LogP contribution in [0.1, 0.15) is 89.9 Å². The SMILES string of the molecule is C=C1C(NC(=O)[C@H](CC2CCCCC2)NS(=O)(=O)N[C@@H](CCCCN)C(=O)O)CCC2CCCC12. The molecule has 3 rings (SSSR count). The summed E-state index contributed by atoms with van der Waals surface area (Å²) in [5.74, 6) is -0.239. The molecule has 3 aliphatic rings. The largest absolute Gasteiger partial charge is 0.480 e. The van der Waals surface area contributed by atoms with Crippen molar-refractivity contribution in [2.24, 2.45) is 23.5 Å². The molecule has 200 valence electrons. The van der Waals surface area contributed by atoms with Gasteiger partial charge in [-0.1, -0.05) is 57.1 Å². The predicted molar refractivity (Wildman–Crippen MR) is 136 cm³/mol. The third-order valence-electron chi connectivity index (χ3n) is 8.18. The highest BCUT2D eigenvalue weighted by Crippen LogP contribution is 2.44. The Bertz CT molecular complexity index is 843. The van der Waals surface area contributed by atoms with Crippen LogP contribution in [0.2, 0.25) is 0 Å². The van der Waals surface area contributed by atoms with Gasteiger partial charge in [-0.05, 0) is 69.2 Å². The lowest BCUT2D eigenvalue weighted by molar-refractivity contribution is -0.139. The number of hydrogen-bond acceptors (Lipinski definition) is 5. The Labute approximate surface area is 210 Å². The van der Waals surface area contributed by atoms with E-state index in [0.29, 0.717) is 37.6 Å². The van der Waals surface area contributed by atoms with Gasteiger partial charge in [-0.15, -0.1) is 0 Å². The lowest BCUT2D eigenvalue weighted by Crippen LogP contribution is -2.56. The average Bonchev–Trinajstić information content (AvgIpc) is 3.30. The Kier molecular flexibility index (Phi) is 10.6. The third kappa shape index (κ3) is 8.27. The molecule has 0 aromatic rings. The quantitative estimate of drug-likeness (QED) is 0.189. The van der Waals surface area contributed by atoms with Crippen LogP contribution < -0.4 is 20.5 Å². The van der Waals surface area contributed by atoms with Crippen LogP contribution in [0.5, 0.6) is 0 Å². The number of carbonyl (C=O) groups is 2. The van der Waals surface area contributed by atoms with Crippen LogP contribution in [0.4, 0.5) is 0 Å². The van der Waals surface area contributed by atoms with Gasteiger partial charge in [-0.25, -0.2) is 0 Å². The Balaban J connectivity index is 1.67. The molecule has 0 spiro atoms. The zero-order chi connectivity index (χ0) is 25.4. The van der Waals surface area contributed by atoms with Crippen LogP contribution in [-0.2, 0) is 19.8 Å². The zero-order valence-corrected chi connectivity index (χ0v) is 21.7. The first-order valence-corrected chi connectivity index (χ1v) is 14.9. The number of unbranched alkanes of at least 4 members (excludes halogenated alkanes) is 1. The summed E-state index contributed by atoms with van der Waals surface area (Å²) in [6.07, 6.45) is 12.3. The number of carboxylic acids is 1. The van der Waals surface area contributed by atoms with Crippen molar-refractivity contribution in [3.63, 3.8) is 0 Å². The lowest BCUT2D eigenvalue weighted by atomic mass is 9.75. The molecule has 6 N–H and O–H groups in total. The van der Waals surface area contributed by atoms with Crippen molar-refractivity contribution in [1.29, 1.82) is 0 Å². The first-order valence-electron chi connectivity index (χ1n) is 13.4. The van der Waals surface area contributed by atoms with Crippen LogP contribution >= 0.6 is 0 Å². The van der Waals surface area contributed by atoms with E-state index in [2.05, 4.69) is 21.3 Å². The molecule has 3 aliphatic carbocycles. The van der Waals surface area contributed by atoms with Gasteiger partial charge in [0.05, 0.1) is 6.04 Å². The molecule has 0 heterocycles. The minimum atomic E-state index is -4.22. The fraction of sp³-hybridized carbons (Fsp3) is 0.840. The van der Waals surface area contributed by atoms with E-state index in [9.17, 15) is 23.1 Å². The molecule has 3 saturated carbocycles. The van der Waals surface area contributed by atoms with Crippen molar-refractivity contribution in [2.75, 3.05) is 6.54 Å². The van der Waals surface area contributed by atoms with Crippen LogP contribution in [-0.4, -0.2) is 50.1 Å². The molecular weight excluding hydrogens is 468 g/mol. The second-order valence-corrected chi connectivity index (χ2v) is 12.2. The summed E-state index contributed by atoms with van der Waals surface area (Å²) in [5, 5.41) is 12.6. The summed E-state index contributed by atoms with van der Waals surface area (Å²) in [6, 6.07) is -2.37. The van der Waals surface area contributed by atoms with E-state index < -0.39 is 28.3 Å². The van der Waals surface area contributed by atoms with Crippen molar-refractivity contribution in [1.82, 2.24) is 14.8 Å². The first kappa shape index (κ1) is 28.1. The van der Waals surface area contributed by atoms with E-state index in [0.717, 1.165) is 56.9 Å². The van der Waals surface area contributed by atoms with Crippen molar-refractivity contribution in [2.45, 2.75) is 108 Å². The minimum absolute atomic E-state index is 0.136. The highest BCUT2D eigenvalue weighted by atomic mass is 32.2. The van der Waals surface area contributed by atoms with Crippen LogP contribution in [0.3, 0.4) is 0 Å². The summed E-state index contributed by atoms with van der Waals surface area (Å²) in [4.78, 5) is 25.0. The fourth-order valence-electron chi connectivity index (χ4n) is 6.23. The molecule has 0 aromatic carbocycles. The molecule has 10 heteroatoms. The molecule has 0 aliphatic heterocycles. The number of amides is 1.